The number of hydrogen-bond acceptors (Lipinski definition) is 3. The minimum atomic E-state index is 0.710. The Morgan fingerprint density at radius 3 is 2.68 bits per heavy atom. The summed E-state index contributed by atoms with van der Waals surface area (Å²) in [6.07, 6.45) is 1.79. The van der Waals surface area contributed by atoms with Crippen LogP contribution in [0.5, 0.6) is 0 Å². The van der Waals surface area contributed by atoms with E-state index in [4.69, 9.17) is 0 Å². The lowest BCUT2D eigenvalue weighted by atomic mass is 10.1. The van der Waals surface area contributed by atoms with Gasteiger partial charge in [-0.25, -0.2) is 9.97 Å². The number of fused-ring (bicyclic) bond motifs is 1. The van der Waals surface area contributed by atoms with Crippen LogP contribution in [0.1, 0.15) is 11.5 Å². The van der Waals surface area contributed by atoms with Gasteiger partial charge in [-0.1, -0.05) is 30.3 Å². The molecule has 0 aliphatic carbocycles. The molecule has 94 valence electrons. The first-order valence-electron chi connectivity index (χ1n) is 6.32. The summed E-state index contributed by atoms with van der Waals surface area (Å²) in [5, 5.41) is 5.89. The molecule has 1 aromatic heterocycles. The van der Waals surface area contributed by atoms with Crippen molar-refractivity contribution < 1.29 is 0 Å². The van der Waals surface area contributed by atoms with Crippen molar-refractivity contribution in [1.82, 2.24) is 9.97 Å². The highest BCUT2D eigenvalue weighted by molar-refractivity contribution is 5.85. The summed E-state index contributed by atoms with van der Waals surface area (Å²) in [5.74, 6) is 0.804. The van der Waals surface area contributed by atoms with Gasteiger partial charge in [-0.2, -0.15) is 0 Å². The van der Waals surface area contributed by atoms with E-state index in [-0.39, 0.29) is 0 Å². The molecule has 0 fully saturated rings. The van der Waals surface area contributed by atoms with Gasteiger partial charge in [0.2, 0.25) is 0 Å². The molecule has 0 saturated carbocycles. The van der Waals surface area contributed by atoms with E-state index >= 15 is 0 Å². The molecule has 0 unspecified atom stereocenters. The third-order valence-corrected chi connectivity index (χ3v) is 3.06. The van der Waals surface area contributed by atoms with Gasteiger partial charge in [0.1, 0.15) is 5.82 Å². The molecule has 3 aromatic rings. The molecule has 0 radical (unpaired) electrons. The largest absolute Gasteiger partial charge is 0.379 e. The van der Waals surface area contributed by atoms with E-state index in [0.29, 0.717) is 6.54 Å². The van der Waals surface area contributed by atoms with Crippen LogP contribution >= 0.6 is 0 Å². The summed E-state index contributed by atoms with van der Waals surface area (Å²) in [7, 11) is 0. The molecule has 1 N–H and O–H groups in total. The van der Waals surface area contributed by atoms with E-state index in [1.165, 1.54) is 10.8 Å². The van der Waals surface area contributed by atoms with Gasteiger partial charge in [0.25, 0.3) is 0 Å². The monoisotopic (exact) mass is 249 g/mol. The number of rotatable bonds is 3. The topological polar surface area (TPSA) is 37.8 Å². The Morgan fingerprint density at radius 1 is 1.00 bits per heavy atom. The highest BCUT2D eigenvalue weighted by Crippen LogP contribution is 2.19. The smallest absolute Gasteiger partial charge is 0.125 e. The second-order valence-corrected chi connectivity index (χ2v) is 4.51. The summed E-state index contributed by atoms with van der Waals surface area (Å²) < 4.78 is 0. The predicted molar refractivity (Wildman–Crippen MR) is 78.0 cm³/mol. The highest BCUT2D eigenvalue weighted by Gasteiger charge is 1.98. The van der Waals surface area contributed by atoms with Gasteiger partial charge < -0.3 is 5.32 Å². The predicted octanol–water partition coefficient (Wildman–Crippen LogP) is 3.55. The van der Waals surface area contributed by atoms with E-state index in [1.807, 2.05) is 13.0 Å². The average Bonchev–Trinajstić information content (AvgIpc) is 2.45. The van der Waals surface area contributed by atoms with Crippen molar-refractivity contribution in [2.45, 2.75) is 13.5 Å². The molecule has 0 bridgehead atoms. The van der Waals surface area contributed by atoms with Crippen molar-refractivity contribution in [2.75, 3.05) is 5.32 Å². The van der Waals surface area contributed by atoms with Crippen molar-refractivity contribution in [2.24, 2.45) is 0 Å². The van der Waals surface area contributed by atoms with Gasteiger partial charge >= 0.3 is 0 Å². The van der Waals surface area contributed by atoms with Crippen LogP contribution < -0.4 is 5.32 Å². The lowest BCUT2D eigenvalue weighted by Crippen LogP contribution is -2.03. The molecule has 2 aromatic carbocycles. The van der Waals surface area contributed by atoms with Crippen LogP contribution in [0.15, 0.2) is 54.7 Å². The van der Waals surface area contributed by atoms with Gasteiger partial charge in [-0.05, 0) is 35.9 Å². The fourth-order valence-corrected chi connectivity index (χ4v) is 2.10. The Labute approximate surface area is 112 Å². The average molecular weight is 249 g/mol. The summed E-state index contributed by atoms with van der Waals surface area (Å²) in [4.78, 5) is 8.47. The standard InChI is InChI=1S/C16H15N3/c1-12-17-9-8-16(19-12)11-18-15-7-6-13-4-2-3-5-14(13)10-15/h2-10,18H,11H2,1H3. The van der Waals surface area contributed by atoms with Crippen molar-refractivity contribution >= 4 is 16.5 Å². The zero-order valence-corrected chi connectivity index (χ0v) is 10.8. The summed E-state index contributed by atoms with van der Waals surface area (Å²) in [6.45, 7) is 2.61. The lowest BCUT2D eigenvalue weighted by molar-refractivity contribution is 0.955. The number of aryl methyl sites for hydroxylation is 1. The van der Waals surface area contributed by atoms with Crippen LogP contribution in [0.25, 0.3) is 10.8 Å². The number of benzene rings is 2. The maximum atomic E-state index is 4.38. The SMILES string of the molecule is Cc1nccc(CNc2ccc3ccccc3c2)n1. The molecule has 0 atom stereocenters. The Hall–Kier alpha value is -2.42. The molecule has 0 aliphatic heterocycles. The van der Waals surface area contributed by atoms with Gasteiger partial charge in [0, 0.05) is 11.9 Å². The van der Waals surface area contributed by atoms with Crippen LogP contribution in [0.2, 0.25) is 0 Å². The summed E-state index contributed by atoms with van der Waals surface area (Å²) in [5.41, 5.74) is 2.11. The van der Waals surface area contributed by atoms with Crippen molar-refractivity contribution in [3.05, 3.63) is 66.2 Å². The zero-order valence-electron chi connectivity index (χ0n) is 10.8. The number of anilines is 1. The molecule has 0 spiro atoms. The summed E-state index contributed by atoms with van der Waals surface area (Å²) in [6, 6.07) is 16.7. The Morgan fingerprint density at radius 2 is 1.84 bits per heavy atom. The van der Waals surface area contributed by atoms with Crippen molar-refractivity contribution in [1.29, 1.82) is 0 Å². The van der Waals surface area contributed by atoms with E-state index in [2.05, 4.69) is 57.7 Å². The fraction of sp³-hybridized carbons (Fsp3) is 0.125. The molecule has 3 heteroatoms. The minimum absolute atomic E-state index is 0.710. The van der Waals surface area contributed by atoms with E-state index in [0.717, 1.165) is 17.2 Å². The van der Waals surface area contributed by atoms with Crippen LogP contribution in [0.3, 0.4) is 0 Å². The van der Waals surface area contributed by atoms with Crippen LogP contribution in [-0.2, 0) is 6.54 Å². The molecular weight excluding hydrogens is 234 g/mol. The molecule has 0 saturated heterocycles. The third-order valence-electron chi connectivity index (χ3n) is 3.06. The maximum absolute atomic E-state index is 4.38. The number of nitrogens with one attached hydrogen (secondary N) is 1. The molecule has 0 amide bonds. The molecule has 0 aliphatic rings. The molecule has 1 heterocycles. The Bertz CT molecular complexity index is 707. The third kappa shape index (κ3) is 2.71. The fourth-order valence-electron chi connectivity index (χ4n) is 2.10. The molecule has 3 rings (SSSR count). The maximum Gasteiger partial charge on any atom is 0.125 e. The highest BCUT2D eigenvalue weighted by atomic mass is 14.9. The first-order valence-corrected chi connectivity index (χ1v) is 6.32. The van der Waals surface area contributed by atoms with Crippen molar-refractivity contribution in [3.63, 3.8) is 0 Å². The van der Waals surface area contributed by atoms with E-state index in [9.17, 15) is 0 Å². The first kappa shape index (κ1) is 11.7. The van der Waals surface area contributed by atoms with Crippen molar-refractivity contribution in [3.8, 4) is 0 Å². The lowest BCUT2D eigenvalue weighted by Gasteiger charge is -2.07. The number of nitrogens with zero attached hydrogens (tertiary/aromatic N) is 2. The second-order valence-electron chi connectivity index (χ2n) is 4.51. The Kier molecular flexibility index (Phi) is 3.11. The van der Waals surface area contributed by atoms with Gasteiger partial charge in [0.15, 0.2) is 0 Å². The van der Waals surface area contributed by atoms with Gasteiger partial charge in [0.05, 0.1) is 12.2 Å². The molecule has 19 heavy (non-hydrogen) atoms. The normalized spacial score (nSPS) is 10.6. The quantitative estimate of drug-likeness (QED) is 0.771. The van der Waals surface area contributed by atoms with Crippen LogP contribution in [0, 0.1) is 6.92 Å². The van der Waals surface area contributed by atoms with Crippen LogP contribution in [-0.4, -0.2) is 9.97 Å². The second kappa shape index (κ2) is 5.06. The first-order chi connectivity index (χ1) is 9.31. The van der Waals surface area contributed by atoms with E-state index < -0.39 is 0 Å². The molecule has 3 nitrogen and oxygen atoms in total. The van der Waals surface area contributed by atoms with Gasteiger partial charge in [-0.15, -0.1) is 0 Å². The van der Waals surface area contributed by atoms with Gasteiger partial charge in [-0.3, -0.25) is 0 Å². The number of aromatic nitrogens is 2. The van der Waals surface area contributed by atoms with E-state index in [1.54, 1.807) is 6.20 Å². The van der Waals surface area contributed by atoms with Crippen LogP contribution in [0.4, 0.5) is 5.69 Å². The number of hydrogen-bond donors (Lipinski definition) is 1. The Balaban J connectivity index is 1.78. The summed E-state index contributed by atoms with van der Waals surface area (Å²) >= 11 is 0. The zero-order chi connectivity index (χ0) is 13.1. The minimum Gasteiger partial charge on any atom is -0.379 e. The molecular formula is C16H15N3.